The van der Waals surface area contributed by atoms with Gasteiger partial charge in [0.2, 0.25) is 0 Å². The van der Waals surface area contributed by atoms with Gasteiger partial charge in [0.15, 0.2) is 5.69 Å². The molecule has 0 saturated carbocycles. The molecule has 0 aliphatic carbocycles. The van der Waals surface area contributed by atoms with Crippen molar-refractivity contribution in [2.45, 2.75) is 6.92 Å². The number of benzene rings is 1. The van der Waals surface area contributed by atoms with E-state index in [0.717, 1.165) is 5.56 Å². The minimum absolute atomic E-state index is 0.0737. The largest absolute Gasteiger partial charge is 0.477 e. The first-order valence-corrected chi connectivity index (χ1v) is 4.97. The lowest BCUT2D eigenvalue weighted by Crippen LogP contribution is -2.03. The molecule has 4 nitrogen and oxygen atoms in total. The third-order valence-corrected chi connectivity index (χ3v) is 2.83. The number of carboxylic acids is 1. The molecule has 0 radical (unpaired) electrons. The van der Waals surface area contributed by atoms with Gasteiger partial charge in [-0.05, 0) is 30.7 Å². The SMILES string of the molecule is Cc1c(Cl)ccc2c(N)cc(C(=O)O)nc12. The average molecular weight is 237 g/mol. The van der Waals surface area contributed by atoms with Crippen molar-refractivity contribution in [1.82, 2.24) is 4.98 Å². The molecule has 1 heterocycles. The third-order valence-electron chi connectivity index (χ3n) is 2.42. The lowest BCUT2D eigenvalue weighted by molar-refractivity contribution is 0.0691. The first-order chi connectivity index (χ1) is 7.50. The molecule has 0 aliphatic heterocycles. The normalized spacial score (nSPS) is 10.6. The number of fused-ring (bicyclic) bond motifs is 1. The van der Waals surface area contributed by atoms with E-state index in [4.69, 9.17) is 22.4 Å². The van der Waals surface area contributed by atoms with E-state index in [1.54, 1.807) is 19.1 Å². The number of hydrogen-bond acceptors (Lipinski definition) is 3. The molecule has 0 fully saturated rings. The van der Waals surface area contributed by atoms with Crippen molar-refractivity contribution in [2.24, 2.45) is 0 Å². The highest BCUT2D eigenvalue weighted by atomic mass is 35.5. The number of hydrogen-bond donors (Lipinski definition) is 2. The molecule has 16 heavy (non-hydrogen) atoms. The number of carbonyl (C=O) groups is 1. The van der Waals surface area contributed by atoms with Gasteiger partial charge in [-0.25, -0.2) is 9.78 Å². The zero-order valence-electron chi connectivity index (χ0n) is 8.49. The van der Waals surface area contributed by atoms with E-state index in [1.165, 1.54) is 6.07 Å². The van der Waals surface area contributed by atoms with Crippen molar-refractivity contribution in [3.63, 3.8) is 0 Å². The van der Waals surface area contributed by atoms with Crippen LogP contribution in [-0.2, 0) is 0 Å². The molecule has 0 amide bonds. The van der Waals surface area contributed by atoms with Crippen LogP contribution in [0.3, 0.4) is 0 Å². The van der Waals surface area contributed by atoms with Gasteiger partial charge in [-0.3, -0.25) is 0 Å². The number of aryl methyl sites for hydroxylation is 1. The highest BCUT2D eigenvalue weighted by molar-refractivity contribution is 6.32. The van der Waals surface area contributed by atoms with Crippen LogP contribution < -0.4 is 5.73 Å². The Labute approximate surface area is 96.7 Å². The van der Waals surface area contributed by atoms with Gasteiger partial charge in [0.05, 0.1) is 5.52 Å². The quantitative estimate of drug-likeness (QED) is 0.798. The predicted octanol–water partition coefficient (Wildman–Crippen LogP) is 2.48. The molecule has 2 rings (SSSR count). The van der Waals surface area contributed by atoms with E-state index < -0.39 is 5.97 Å². The number of halogens is 1. The summed E-state index contributed by atoms with van der Waals surface area (Å²) in [4.78, 5) is 14.9. The number of nitrogen functional groups attached to an aromatic ring is 1. The molecule has 0 spiro atoms. The summed E-state index contributed by atoms with van der Waals surface area (Å²) in [6.07, 6.45) is 0. The maximum Gasteiger partial charge on any atom is 0.354 e. The van der Waals surface area contributed by atoms with Gasteiger partial charge in [-0.1, -0.05) is 11.6 Å². The molecular weight excluding hydrogens is 228 g/mol. The molecule has 1 aromatic heterocycles. The average Bonchev–Trinajstić information content (AvgIpc) is 2.23. The minimum atomic E-state index is -1.10. The van der Waals surface area contributed by atoms with Crippen molar-refractivity contribution in [3.8, 4) is 0 Å². The number of carboxylic acid groups (broad SMARTS) is 1. The Morgan fingerprint density at radius 3 is 2.81 bits per heavy atom. The summed E-state index contributed by atoms with van der Waals surface area (Å²) in [5, 5.41) is 10.1. The van der Waals surface area contributed by atoms with Crippen LogP contribution in [0.1, 0.15) is 16.1 Å². The van der Waals surface area contributed by atoms with E-state index >= 15 is 0 Å². The van der Waals surface area contributed by atoms with E-state index in [1.807, 2.05) is 0 Å². The number of anilines is 1. The van der Waals surface area contributed by atoms with E-state index in [9.17, 15) is 4.79 Å². The van der Waals surface area contributed by atoms with Crippen LogP contribution in [0, 0.1) is 6.92 Å². The van der Waals surface area contributed by atoms with Crippen LogP contribution in [0.5, 0.6) is 0 Å². The van der Waals surface area contributed by atoms with Crippen LogP contribution in [0.4, 0.5) is 5.69 Å². The predicted molar refractivity (Wildman–Crippen MR) is 62.9 cm³/mol. The summed E-state index contributed by atoms with van der Waals surface area (Å²) in [5.41, 5.74) is 7.35. The second-order valence-electron chi connectivity index (χ2n) is 3.47. The van der Waals surface area contributed by atoms with Gasteiger partial charge >= 0.3 is 5.97 Å². The Kier molecular flexibility index (Phi) is 2.44. The van der Waals surface area contributed by atoms with E-state index in [-0.39, 0.29) is 5.69 Å². The third kappa shape index (κ3) is 1.57. The zero-order valence-corrected chi connectivity index (χ0v) is 9.25. The standard InChI is InChI=1S/C11H9ClN2O2/c1-5-7(12)3-2-6-8(13)4-9(11(15)16)14-10(5)6/h2-4H,1H3,(H2,13,14)(H,15,16). The van der Waals surface area contributed by atoms with Gasteiger partial charge in [-0.15, -0.1) is 0 Å². The Hall–Kier alpha value is -1.81. The topological polar surface area (TPSA) is 76.2 Å². The van der Waals surface area contributed by atoms with Crippen LogP contribution in [0.25, 0.3) is 10.9 Å². The zero-order chi connectivity index (χ0) is 11.9. The van der Waals surface area contributed by atoms with Crippen LogP contribution in [-0.4, -0.2) is 16.1 Å². The molecule has 5 heteroatoms. The summed E-state index contributed by atoms with van der Waals surface area (Å²) in [6, 6.07) is 4.80. The Morgan fingerprint density at radius 1 is 1.50 bits per heavy atom. The maximum absolute atomic E-state index is 10.8. The monoisotopic (exact) mass is 236 g/mol. The van der Waals surface area contributed by atoms with Gasteiger partial charge in [-0.2, -0.15) is 0 Å². The van der Waals surface area contributed by atoms with Gasteiger partial charge in [0.1, 0.15) is 0 Å². The summed E-state index contributed by atoms with van der Waals surface area (Å²) < 4.78 is 0. The Bertz CT molecular complexity index is 596. The van der Waals surface area contributed by atoms with Crippen molar-refractivity contribution in [2.75, 3.05) is 5.73 Å². The second kappa shape index (κ2) is 3.64. The summed E-state index contributed by atoms with van der Waals surface area (Å²) in [5.74, 6) is -1.10. The fraction of sp³-hybridized carbons (Fsp3) is 0.0909. The Morgan fingerprint density at radius 2 is 2.19 bits per heavy atom. The molecule has 0 saturated heterocycles. The molecule has 1 aromatic carbocycles. The first kappa shape index (κ1) is 10.7. The maximum atomic E-state index is 10.8. The number of aromatic nitrogens is 1. The molecule has 3 N–H and O–H groups in total. The molecule has 0 bridgehead atoms. The molecule has 0 unspecified atom stereocenters. The fourth-order valence-corrected chi connectivity index (χ4v) is 1.69. The first-order valence-electron chi connectivity index (χ1n) is 4.59. The van der Waals surface area contributed by atoms with Gasteiger partial charge in [0.25, 0.3) is 0 Å². The number of aromatic carboxylic acids is 1. The summed E-state index contributed by atoms with van der Waals surface area (Å²) >= 11 is 5.94. The van der Waals surface area contributed by atoms with Gasteiger partial charge in [0, 0.05) is 16.1 Å². The molecule has 0 aliphatic rings. The minimum Gasteiger partial charge on any atom is -0.477 e. The number of nitrogens with two attached hydrogens (primary N) is 1. The summed E-state index contributed by atoms with van der Waals surface area (Å²) in [6.45, 7) is 1.78. The molecule has 2 aromatic rings. The number of rotatable bonds is 1. The molecule has 0 atom stereocenters. The summed E-state index contributed by atoms with van der Waals surface area (Å²) in [7, 11) is 0. The van der Waals surface area contributed by atoms with Crippen LogP contribution >= 0.6 is 11.6 Å². The highest BCUT2D eigenvalue weighted by Gasteiger charge is 2.11. The Balaban J connectivity index is 2.88. The van der Waals surface area contributed by atoms with Crippen LogP contribution in [0.15, 0.2) is 18.2 Å². The van der Waals surface area contributed by atoms with Crippen molar-refractivity contribution >= 4 is 34.2 Å². The smallest absolute Gasteiger partial charge is 0.354 e. The lowest BCUT2D eigenvalue weighted by Gasteiger charge is -2.07. The van der Waals surface area contributed by atoms with E-state index in [0.29, 0.717) is 21.6 Å². The second-order valence-corrected chi connectivity index (χ2v) is 3.88. The molecule has 82 valence electrons. The van der Waals surface area contributed by atoms with E-state index in [2.05, 4.69) is 4.98 Å². The van der Waals surface area contributed by atoms with Gasteiger partial charge < -0.3 is 10.8 Å². The number of nitrogens with zero attached hydrogens (tertiary/aromatic N) is 1. The van der Waals surface area contributed by atoms with Crippen molar-refractivity contribution < 1.29 is 9.90 Å². The highest BCUT2D eigenvalue weighted by Crippen LogP contribution is 2.28. The fourth-order valence-electron chi connectivity index (χ4n) is 1.54. The van der Waals surface area contributed by atoms with Crippen molar-refractivity contribution in [1.29, 1.82) is 0 Å². The number of pyridine rings is 1. The van der Waals surface area contributed by atoms with Crippen LogP contribution in [0.2, 0.25) is 5.02 Å². The molecular formula is C11H9ClN2O2. The lowest BCUT2D eigenvalue weighted by atomic mass is 10.1. The van der Waals surface area contributed by atoms with Crippen molar-refractivity contribution in [3.05, 3.63) is 34.5 Å².